The van der Waals surface area contributed by atoms with Crippen molar-refractivity contribution in [2.75, 3.05) is 46.9 Å². The lowest BCUT2D eigenvalue weighted by Crippen LogP contribution is -2.33. The van der Waals surface area contributed by atoms with Gasteiger partial charge in [-0.05, 0) is 71.1 Å². The average molecular weight is 890 g/mol. The van der Waals surface area contributed by atoms with E-state index in [1.165, 1.54) is 289 Å². The summed E-state index contributed by atoms with van der Waals surface area (Å²) in [5.41, 5.74) is 0. The van der Waals surface area contributed by atoms with Crippen LogP contribution < -0.4 is 0 Å². The molecule has 2 unspecified atom stereocenters. The van der Waals surface area contributed by atoms with Crippen molar-refractivity contribution in [3.05, 3.63) is 0 Å². The van der Waals surface area contributed by atoms with E-state index in [0.717, 1.165) is 25.3 Å². The van der Waals surface area contributed by atoms with E-state index < -0.39 is 0 Å². The van der Waals surface area contributed by atoms with E-state index in [9.17, 15) is 4.79 Å². The molecule has 0 aromatic carbocycles. The fourth-order valence-electron chi connectivity index (χ4n) is 9.87. The molecule has 4 nitrogen and oxygen atoms in total. The van der Waals surface area contributed by atoms with Crippen LogP contribution in [0.2, 0.25) is 0 Å². The molecule has 0 aromatic rings. The Morgan fingerprint density at radius 1 is 0.333 bits per heavy atom. The van der Waals surface area contributed by atoms with Crippen LogP contribution in [0.3, 0.4) is 0 Å². The predicted molar refractivity (Wildman–Crippen MR) is 283 cm³/mol. The summed E-state index contributed by atoms with van der Waals surface area (Å²) in [6.07, 6.45) is 61.3. The van der Waals surface area contributed by atoms with Crippen molar-refractivity contribution in [2.45, 2.75) is 317 Å². The topological polar surface area (TPSA) is 32.8 Å². The monoisotopic (exact) mass is 889 g/mol. The van der Waals surface area contributed by atoms with Crippen molar-refractivity contribution in [3.63, 3.8) is 0 Å². The van der Waals surface area contributed by atoms with Crippen LogP contribution in [0.4, 0.5) is 0 Å². The standard InChI is InChI=1S/C59H120N2O2/c1-7-11-15-19-23-25-32-39-47-57(46-38-30-21-17-13-9-3)48-40-33-27-28-36-44-52-61(55-54-60(5)6)53-45-37-29-35-43-51-59(62)63-56-58(49-41-31-22-18-14-10-4)50-42-34-26-24-20-16-12-8-2/h57-58H,7-56H2,1-6H3. The Balaban J connectivity index is 4.33. The highest BCUT2D eigenvalue weighted by molar-refractivity contribution is 5.69. The van der Waals surface area contributed by atoms with Crippen molar-refractivity contribution in [1.29, 1.82) is 0 Å². The molecule has 0 aromatic heterocycles. The molecule has 0 aliphatic rings. The number of nitrogens with zero attached hydrogens (tertiary/aromatic N) is 2. The van der Waals surface area contributed by atoms with E-state index in [4.69, 9.17) is 4.74 Å². The third kappa shape index (κ3) is 49.1. The number of ether oxygens (including phenoxy) is 1. The third-order valence-electron chi connectivity index (χ3n) is 14.4. The first-order valence-electron chi connectivity index (χ1n) is 29.5. The Bertz CT molecular complexity index is 862. The number of esters is 1. The number of rotatable bonds is 54. The first kappa shape index (κ1) is 62.4. The molecule has 0 radical (unpaired) electrons. The van der Waals surface area contributed by atoms with Gasteiger partial charge in [-0.15, -0.1) is 0 Å². The van der Waals surface area contributed by atoms with Crippen LogP contribution in [0.25, 0.3) is 0 Å². The Kier molecular flexibility index (Phi) is 51.9. The van der Waals surface area contributed by atoms with Gasteiger partial charge < -0.3 is 14.5 Å². The second kappa shape index (κ2) is 52.4. The van der Waals surface area contributed by atoms with E-state index >= 15 is 0 Å². The zero-order valence-electron chi connectivity index (χ0n) is 44.7. The van der Waals surface area contributed by atoms with Crippen LogP contribution in [0.1, 0.15) is 317 Å². The van der Waals surface area contributed by atoms with Crippen LogP contribution in [0.5, 0.6) is 0 Å². The van der Waals surface area contributed by atoms with Crippen molar-refractivity contribution in [1.82, 2.24) is 9.80 Å². The minimum Gasteiger partial charge on any atom is -0.465 e. The quantitative estimate of drug-likeness (QED) is 0.0450. The summed E-state index contributed by atoms with van der Waals surface area (Å²) in [4.78, 5) is 17.8. The average Bonchev–Trinajstić information content (AvgIpc) is 3.28. The van der Waals surface area contributed by atoms with Crippen LogP contribution in [0.15, 0.2) is 0 Å². The van der Waals surface area contributed by atoms with E-state index in [1.807, 2.05) is 0 Å². The van der Waals surface area contributed by atoms with Crippen molar-refractivity contribution in [2.24, 2.45) is 11.8 Å². The summed E-state index contributed by atoms with van der Waals surface area (Å²) in [5, 5.41) is 0. The van der Waals surface area contributed by atoms with Gasteiger partial charge in [-0.2, -0.15) is 0 Å². The third-order valence-corrected chi connectivity index (χ3v) is 14.4. The van der Waals surface area contributed by atoms with Gasteiger partial charge in [0.2, 0.25) is 0 Å². The largest absolute Gasteiger partial charge is 0.465 e. The molecule has 0 N–H and O–H groups in total. The molecule has 0 fully saturated rings. The molecule has 0 spiro atoms. The maximum Gasteiger partial charge on any atom is 0.305 e. The van der Waals surface area contributed by atoms with Gasteiger partial charge in [0.1, 0.15) is 0 Å². The zero-order chi connectivity index (χ0) is 45.9. The van der Waals surface area contributed by atoms with Crippen molar-refractivity contribution < 1.29 is 9.53 Å². The number of carbonyl (C=O) groups is 1. The second-order valence-corrected chi connectivity index (χ2v) is 21.1. The van der Waals surface area contributed by atoms with E-state index in [0.29, 0.717) is 18.9 Å². The Hall–Kier alpha value is -0.610. The molecule has 0 saturated heterocycles. The number of unbranched alkanes of at least 4 members (excludes halogenated alkanes) is 33. The van der Waals surface area contributed by atoms with Gasteiger partial charge in [-0.3, -0.25) is 4.79 Å². The van der Waals surface area contributed by atoms with Crippen LogP contribution in [0, 0.1) is 11.8 Å². The smallest absolute Gasteiger partial charge is 0.305 e. The minimum absolute atomic E-state index is 0.0514. The van der Waals surface area contributed by atoms with E-state index in [-0.39, 0.29) is 5.97 Å². The summed E-state index contributed by atoms with van der Waals surface area (Å²) < 4.78 is 5.92. The molecule has 0 heterocycles. The highest BCUT2D eigenvalue weighted by Gasteiger charge is 2.13. The molecule has 0 aliphatic heterocycles. The molecule has 0 aliphatic carbocycles. The Morgan fingerprint density at radius 3 is 0.952 bits per heavy atom. The molecular formula is C59H120N2O2. The minimum atomic E-state index is 0.0514. The van der Waals surface area contributed by atoms with Gasteiger partial charge >= 0.3 is 5.97 Å². The van der Waals surface area contributed by atoms with Gasteiger partial charge in [0, 0.05) is 19.5 Å². The number of hydrogen-bond donors (Lipinski definition) is 0. The molecule has 4 heteroatoms. The van der Waals surface area contributed by atoms with Crippen LogP contribution in [-0.4, -0.2) is 62.7 Å². The van der Waals surface area contributed by atoms with E-state index in [1.54, 1.807) is 0 Å². The summed E-state index contributed by atoms with van der Waals surface area (Å²) >= 11 is 0. The van der Waals surface area contributed by atoms with Crippen LogP contribution >= 0.6 is 0 Å². The Labute approximate surface area is 399 Å². The fourth-order valence-corrected chi connectivity index (χ4v) is 9.87. The molecule has 0 bridgehead atoms. The maximum atomic E-state index is 12.7. The first-order chi connectivity index (χ1) is 31.0. The zero-order valence-corrected chi connectivity index (χ0v) is 44.7. The van der Waals surface area contributed by atoms with Gasteiger partial charge in [0.05, 0.1) is 6.61 Å². The molecule has 0 amide bonds. The molecule has 0 saturated carbocycles. The highest BCUT2D eigenvalue weighted by atomic mass is 16.5. The lowest BCUT2D eigenvalue weighted by atomic mass is 9.89. The molecule has 63 heavy (non-hydrogen) atoms. The molecule has 378 valence electrons. The van der Waals surface area contributed by atoms with Gasteiger partial charge in [0.15, 0.2) is 0 Å². The predicted octanol–water partition coefficient (Wildman–Crippen LogP) is 19.3. The highest BCUT2D eigenvalue weighted by Crippen LogP contribution is 2.25. The Morgan fingerprint density at radius 2 is 0.619 bits per heavy atom. The maximum absolute atomic E-state index is 12.7. The number of hydrogen-bond acceptors (Lipinski definition) is 4. The van der Waals surface area contributed by atoms with E-state index in [2.05, 4.69) is 51.6 Å². The lowest BCUT2D eigenvalue weighted by molar-refractivity contribution is -0.145. The summed E-state index contributed by atoms with van der Waals surface area (Å²) in [5.74, 6) is 1.61. The summed E-state index contributed by atoms with van der Waals surface area (Å²) in [6.45, 7) is 14.7. The number of carbonyl (C=O) groups excluding carboxylic acids is 1. The van der Waals surface area contributed by atoms with Crippen molar-refractivity contribution >= 4 is 5.97 Å². The fraction of sp³-hybridized carbons (Fsp3) is 0.983. The SMILES string of the molecule is CCCCCCCCCCC(CCCCCCCC)CCCCCCCCN(CCCCCCCC(=O)OCC(CCCCCCCC)CCCCCCCCCC)CCN(C)C. The lowest BCUT2D eigenvalue weighted by Gasteiger charge is -2.24. The normalized spacial score (nSPS) is 12.8. The van der Waals surface area contributed by atoms with Gasteiger partial charge in [-0.25, -0.2) is 0 Å². The van der Waals surface area contributed by atoms with Gasteiger partial charge in [0.25, 0.3) is 0 Å². The molecule has 2 atom stereocenters. The van der Waals surface area contributed by atoms with Gasteiger partial charge in [-0.1, -0.05) is 278 Å². The summed E-state index contributed by atoms with van der Waals surface area (Å²) in [6, 6.07) is 0. The molecular weight excluding hydrogens is 769 g/mol. The van der Waals surface area contributed by atoms with Crippen LogP contribution in [-0.2, 0) is 9.53 Å². The second-order valence-electron chi connectivity index (χ2n) is 21.1. The first-order valence-corrected chi connectivity index (χ1v) is 29.5. The summed E-state index contributed by atoms with van der Waals surface area (Å²) in [7, 11) is 4.42. The number of likely N-dealkylation sites (N-methyl/N-ethyl adjacent to an activating group) is 1. The van der Waals surface area contributed by atoms with Crippen molar-refractivity contribution in [3.8, 4) is 0 Å². The molecule has 0 rings (SSSR count).